The fraction of sp³-hybridized carbons (Fsp3) is 0.700. The number of carbonyl (C=O) groups excluding carboxylic acids is 3. The van der Waals surface area contributed by atoms with Crippen LogP contribution in [0.3, 0.4) is 0 Å². The zero-order valence-corrected chi connectivity index (χ0v) is 18.8. The van der Waals surface area contributed by atoms with Crippen LogP contribution in [0.25, 0.3) is 0 Å². The van der Waals surface area contributed by atoms with Crippen LogP contribution in [0.2, 0.25) is 26.2 Å². The van der Waals surface area contributed by atoms with E-state index in [1.165, 1.54) is 40.4 Å². The Labute approximate surface area is 145 Å². The molecule has 1 saturated heterocycles. The molecule has 0 saturated carbocycles. The number of carbonyl (C=O) groups is 3. The molecule has 0 bridgehead atoms. The first-order valence-corrected chi connectivity index (χ1v) is 15.9. The lowest BCUT2D eigenvalue weighted by molar-refractivity contribution is -0.137. The SMILES string of the molecule is CC(=O)O[Si]1(C)O[SiH](C)O[Si](C)(OC(C)=O)O[Si](C)(OC(C)=O)O1. The second-order valence-electron chi connectivity index (χ2n) is 5.38. The molecule has 10 nitrogen and oxygen atoms in total. The summed E-state index contributed by atoms with van der Waals surface area (Å²) in [6, 6.07) is 0. The standard InChI is InChI=1S/C10H22O10Si4/c1-8(11)14-22(5)17-21(4)18-23(6,15-9(2)12)20-24(7,19-22)16-10(3)13/h21H,1-7H3. The van der Waals surface area contributed by atoms with Gasteiger partial charge in [0, 0.05) is 40.4 Å². The van der Waals surface area contributed by atoms with Gasteiger partial charge in [-0.05, 0) is 6.55 Å². The van der Waals surface area contributed by atoms with Gasteiger partial charge in [-0.15, -0.1) is 0 Å². The van der Waals surface area contributed by atoms with E-state index in [2.05, 4.69) is 0 Å². The van der Waals surface area contributed by atoms with Crippen LogP contribution in [0, 0.1) is 0 Å². The van der Waals surface area contributed by atoms with E-state index < -0.39 is 53.6 Å². The first-order valence-electron chi connectivity index (χ1n) is 7.11. The van der Waals surface area contributed by atoms with Crippen LogP contribution >= 0.6 is 0 Å². The van der Waals surface area contributed by atoms with Crippen molar-refractivity contribution in [3.63, 3.8) is 0 Å². The van der Waals surface area contributed by atoms with E-state index in [9.17, 15) is 14.4 Å². The topological polar surface area (TPSA) is 116 Å². The molecule has 14 heteroatoms. The Morgan fingerprint density at radius 1 is 0.708 bits per heavy atom. The van der Waals surface area contributed by atoms with E-state index in [-0.39, 0.29) is 0 Å². The highest BCUT2D eigenvalue weighted by molar-refractivity contribution is 6.86. The molecule has 0 N–H and O–H groups in total. The maximum Gasteiger partial charge on any atom is 0.551 e. The third-order valence-corrected chi connectivity index (χ3v) is 16.5. The normalized spacial score (nSPS) is 36.9. The maximum absolute atomic E-state index is 11.4. The third kappa shape index (κ3) is 6.55. The Morgan fingerprint density at radius 2 is 1.00 bits per heavy atom. The van der Waals surface area contributed by atoms with Crippen LogP contribution in [0.15, 0.2) is 0 Å². The number of hydrogen-bond acceptors (Lipinski definition) is 10. The molecule has 138 valence electrons. The molecule has 2 unspecified atom stereocenters. The molecule has 1 fully saturated rings. The minimum Gasteiger partial charge on any atom is -0.474 e. The molecule has 0 aliphatic carbocycles. The van der Waals surface area contributed by atoms with Crippen molar-refractivity contribution in [2.24, 2.45) is 0 Å². The van der Waals surface area contributed by atoms with E-state index in [1.54, 1.807) is 6.55 Å². The largest absolute Gasteiger partial charge is 0.551 e. The number of hydrogen-bond donors (Lipinski definition) is 0. The van der Waals surface area contributed by atoms with Crippen molar-refractivity contribution in [2.75, 3.05) is 0 Å². The molecule has 1 aliphatic heterocycles. The molecular weight excluding hydrogens is 392 g/mol. The van der Waals surface area contributed by atoms with E-state index in [4.69, 9.17) is 29.7 Å². The summed E-state index contributed by atoms with van der Waals surface area (Å²) < 4.78 is 38.6. The lowest BCUT2D eigenvalue weighted by atomic mass is 10.9. The lowest BCUT2D eigenvalue weighted by Gasteiger charge is -2.41. The molecule has 0 aromatic rings. The summed E-state index contributed by atoms with van der Waals surface area (Å²) in [6.07, 6.45) is 0. The Bertz CT molecular complexity index is 496. The van der Waals surface area contributed by atoms with Crippen LogP contribution in [0.1, 0.15) is 20.8 Å². The first kappa shape index (κ1) is 21.2. The molecule has 2 atom stereocenters. The highest BCUT2D eigenvalue weighted by atomic mass is 28.5. The fourth-order valence-electron chi connectivity index (χ4n) is 2.28. The summed E-state index contributed by atoms with van der Waals surface area (Å²) in [4.78, 5) is 34.2. The van der Waals surface area contributed by atoms with Gasteiger partial charge >= 0.3 is 35.7 Å². The quantitative estimate of drug-likeness (QED) is 0.597. The van der Waals surface area contributed by atoms with Gasteiger partial charge in [0.1, 0.15) is 0 Å². The van der Waals surface area contributed by atoms with Crippen molar-refractivity contribution in [1.82, 2.24) is 0 Å². The van der Waals surface area contributed by atoms with Gasteiger partial charge in [0.25, 0.3) is 17.9 Å². The van der Waals surface area contributed by atoms with Gasteiger partial charge in [-0.25, -0.2) is 0 Å². The van der Waals surface area contributed by atoms with Gasteiger partial charge in [-0.2, -0.15) is 0 Å². The molecule has 24 heavy (non-hydrogen) atoms. The third-order valence-electron chi connectivity index (χ3n) is 2.49. The molecule has 0 spiro atoms. The Hall–Kier alpha value is -0.882. The zero-order chi connectivity index (χ0) is 18.8. The van der Waals surface area contributed by atoms with Crippen molar-refractivity contribution in [2.45, 2.75) is 47.0 Å². The average molecular weight is 415 g/mol. The average Bonchev–Trinajstić information content (AvgIpc) is 2.18. The molecule has 1 heterocycles. The number of rotatable bonds is 3. The van der Waals surface area contributed by atoms with Crippen molar-refractivity contribution in [3.8, 4) is 0 Å². The van der Waals surface area contributed by atoms with Gasteiger partial charge in [-0.3, -0.25) is 14.4 Å². The second-order valence-corrected chi connectivity index (χ2v) is 15.8. The lowest BCUT2D eigenvalue weighted by Crippen LogP contribution is -2.67. The van der Waals surface area contributed by atoms with Crippen molar-refractivity contribution < 1.29 is 44.1 Å². The summed E-state index contributed by atoms with van der Waals surface area (Å²) >= 11 is 0. The Kier molecular flexibility index (Phi) is 6.67. The smallest absolute Gasteiger partial charge is 0.474 e. The summed E-state index contributed by atoms with van der Waals surface area (Å²) in [5.74, 6) is -1.87. The Morgan fingerprint density at radius 3 is 1.29 bits per heavy atom. The van der Waals surface area contributed by atoms with Gasteiger partial charge in [0.2, 0.25) is 0 Å². The van der Waals surface area contributed by atoms with E-state index >= 15 is 0 Å². The molecule has 0 radical (unpaired) electrons. The first-order chi connectivity index (χ1) is 10.8. The molecular formula is C10H22O10Si4. The highest BCUT2D eigenvalue weighted by Crippen LogP contribution is 2.29. The molecule has 0 amide bonds. The highest BCUT2D eigenvalue weighted by Gasteiger charge is 2.61. The summed E-state index contributed by atoms with van der Waals surface area (Å²) in [7, 11) is -13.2. The summed E-state index contributed by atoms with van der Waals surface area (Å²) in [5, 5.41) is 0. The van der Waals surface area contributed by atoms with Crippen LogP contribution in [0.4, 0.5) is 0 Å². The van der Waals surface area contributed by atoms with Crippen molar-refractivity contribution in [1.29, 1.82) is 0 Å². The fourth-order valence-corrected chi connectivity index (χ4v) is 17.5. The molecule has 1 rings (SSSR count). The van der Waals surface area contributed by atoms with Gasteiger partial charge in [0.05, 0.1) is 0 Å². The minimum atomic E-state index is -3.72. The van der Waals surface area contributed by atoms with Crippen LogP contribution in [-0.2, 0) is 44.1 Å². The van der Waals surface area contributed by atoms with E-state index in [0.717, 1.165) is 0 Å². The van der Waals surface area contributed by atoms with Crippen LogP contribution in [-0.4, -0.2) is 53.6 Å². The predicted molar refractivity (Wildman–Crippen MR) is 87.5 cm³/mol. The van der Waals surface area contributed by atoms with Gasteiger partial charge < -0.3 is 29.7 Å². The molecule has 0 aromatic carbocycles. The maximum atomic E-state index is 11.4. The van der Waals surface area contributed by atoms with E-state index in [0.29, 0.717) is 0 Å². The van der Waals surface area contributed by atoms with Crippen molar-refractivity contribution >= 4 is 53.6 Å². The monoisotopic (exact) mass is 414 g/mol. The molecule has 0 aromatic heterocycles. The van der Waals surface area contributed by atoms with Crippen LogP contribution < -0.4 is 0 Å². The van der Waals surface area contributed by atoms with E-state index in [1.807, 2.05) is 0 Å². The van der Waals surface area contributed by atoms with Gasteiger partial charge in [-0.1, -0.05) is 0 Å². The van der Waals surface area contributed by atoms with Crippen LogP contribution in [0.5, 0.6) is 0 Å². The molecule has 1 aliphatic rings. The second kappa shape index (κ2) is 7.56. The minimum absolute atomic E-state index is 0.606. The zero-order valence-electron chi connectivity index (χ0n) is 14.7. The Balaban J connectivity index is 3.21. The van der Waals surface area contributed by atoms with Gasteiger partial charge in [0.15, 0.2) is 0 Å². The summed E-state index contributed by atoms with van der Waals surface area (Å²) in [6.45, 7) is 9.64. The summed E-state index contributed by atoms with van der Waals surface area (Å²) in [5.41, 5.74) is 0. The predicted octanol–water partition coefficient (Wildman–Crippen LogP) is 0.312. The van der Waals surface area contributed by atoms with Crippen molar-refractivity contribution in [3.05, 3.63) is 0 Å².